The molecule has 28 heavy (non-hydrogen) atoms. The third-order valence-corrected chi connectivity index (χ3v) is 3.58. The first-order valence-corrected chi connectivity index (χ1v) is 8.36. The molecule has 152 valence electrons. The van der Waals surface area contributed by atoms with Crippen molar-refractivity contribution in [1.29, 1.82) is 0 Å². The third kappa shape index (κ3) is 7.60. The van der Waals surface area contributed by atoms with Crippen LogP contribution in [0.4, 0.5) is 18.0 Å². The van der Waals surface area contributed by atoms with Crippen molar-refractivity contribution in [3.05, 3.63) is 54.0 Å². The normalized spacial score (nSPS) is 12.1. The number of amides is 3. The lowest BCUT2D eigenvalue weighted by Gasteiger charge is -2.16. The summed E-state index contributed by atoms with van der Waals surface area (Å²) in [6, 6.07) is 8.30. The van der Waals surface area contributed by atoms with Crippen molar-refractivity contribution in [2.24, 2.45) is 0 Å². The monoisotopic (exact) mass is 399 g/mol. The fourth-order valence-electron chi connectivity index (χ4n) is 2.17. The summed E-state index contributed by atoms with van der Waals surface area (Å²) in [6.07, 6.45) is -2.92. The lowest BCUT2D eigenvalue weighted by molar-refractivity contribution is -0.153. The molecule has 0 aliphatic rings. The lowest BCUT2D eigenvalue weighted by atomic mass is 10.1. The van der Waals surface area contributed by atoms with Gasteiger partial charge >= 0.3 is 12.2 Å². The van der Waals surface area contributed by atoms with Gasteiger partial charge in [0.05, 0.1) is 25.4 Å². The Morgan fingerprint density at radius 1 is 1.14 bits per heavy atom. The fraction of sp³-hybridized carbons (Fsp3) is 0.333. The van der Waals surface area contributed by atoms with E-state index in [1.165, 1.54) is 18.4 Å². The van der Waals surface area contributed by atoms with Crippen molar-refractivity contribution >= 4 is 11.9 Å². The van der Waals surface area contributed by atoms with Crippen LogP contribution in [0.15, 0.2) is 47.1 Å². The number of urea groups is 1. The van der Waals surface area contributed by atoms with E-state index in [-0.39, 0.29) is 24.7 Å². The Labute approximate surface area is 159 Å². The average Bonchev–Trinajstić information content (AvgIpc) is 3.16. The van der Waals surface area contributed by atoms with Crippen LogP contribution in [0.25, 0.3) is 0 Å². The minimum absolute atomic E-state index is 0.0750. The van der Waals surface area contributed by atoms with Crippen molar-refractivity contribution in [3.63, 3.8) is 0 Å². The Morgan fingerprint density at radius 2 is 1.86 bits per heavy atom. The predicted octanol–water partition coefficient (Wildman–Crippen LogP) is 2.90. The van der Waals surface area contributed by atoms with E-state index < -0.39 is 24.9 Å². The maximum atomic E-state index is 12.1. The van der Waals surface area contributed by atoms with Gasteiger partial charge in [0.1, 0.15) is 11.5 Å². The second-order valence-electron chi connectivity index (χ2n) is 5.88. The number of nitrogens with one attached hydrogen (secondary N) is 3. The number of benzene rings is 1. The highest BCUT2D eigenvalue weighted by Crippen LogP contribution is 2.21. The number of hydrogen-bond donors (Lipinski definition) is 3. The number of hydrogen-bond acceptors (Lipinski definition) is 4. The van der Waals surface area contributed by atoms with Crippen LogP contribution in [-0.2, 0) is 11.3 Å². The molecule has 0 bridgehead atoms. The van der Waals surface area contributed by atoms with E-state index in [4.69, 9.17) is 4.42 Å². The van der Waals surface area contributed by atoms with E-state index in [2.05, 4.69) is 20.7 Å². The van der Waals surface area contributed by atoms with Crippen molar-refractivity contribution in [2.75, 3.05) is 13.2 Å². The van der Waals surface area contributed by atoms with Crippen LogP contribution < -0.4 is 20.7 Å². The van der Waals surface area contributed by atoms with Crippen LogP contribution in [-0.4, -0.2) is 31.3 Å². The van der Waals surface area contributed by atoms with Gasteiger partial charge in [0, 0.05) is 0 Å². The van der Waals surface area contributed by atoms with Crippen LogP contribution in [0.2, 0.25) is 0 Å². The zero-order chi connectivity index (χ0) is 20.6. The third-order valence-electron chi connectivity index (χ3n) is 3.58. The van der Waals surface area contributed by atoms with Gasteiger partial charge in [-0.05, 0) is 36.8 Å². The maximum Gasteiger partial charge on any atom is 0.422 e. The number of ether oxygens (including phenoxy) is 1. The van der Waals surface area contributed by atoms with Crippen molar-refractivity contribution in [2.45, 2.75) is 25.7 Å². The molecule has 0 radical (unpaired) electrons. The van der Waals surface area contributed by atoms with E-state index in [0.717, 1.165) is 0 Å². The molecule has 0 fully saturated rings. The Hall–Kier alpha value is -3.17. The summed E-state index contributed by atoms with van der Waals surface area (Å²) in [7, 11) is 0. The van der Waals surface area contributed by atoms with Gasteiger partial charge in [-0.3, -0.25) is 4.79 Å². The van der Waals surface area contributed by atoms with Gasteiger partial charge in [0.25, 0.3) is 0 Å². The second-order valence-corrected chi connectivity index (χ2v) is 5.88. The Morgan fingerprint density at radius 3 is 2.46 bits per heavy atom. The predicted molar refractivity (Wildman–Crippen MR) is 93.5 cm³/mol. The topological polar surface area (TPSA) is 92.6 Å². The van der Waals surface area contributed by atoms with Gasteiger partial charge in [-0.1, -0.05) is 12.1 Å². The molecular weight excluding hydrogens is 379 g/mol. The largest absolute Gasteiger partial charge is 0.484 e. The first-order chi connectivity index (χ1) is 13.2. The van der Waals surface area contributed by atoms with Gasteiger partial charge in [-0.2, -0.15) is 13.2 Å². The van der Waals surface area contributed by atoms with E-state index in [1.54, 1.807) is 31.2 Å². The van der Waals surface area contributed by atoms with Crippen molar-refractivity contribution in [1.82, 2.24) is 16.0 Å². The minimum Gasteiger partial charge on any atom is -0.484 e. The molecule has 2 rings (SSSR count). The lowest BCUT2D eigenvalue weighted by Crippen LogP contribution is -2.42. The van der Waals surface area contributed by atoms with Crippen molar-refractivity contribution < 1.29 is 31.9 Å². The summed E-state index contributed by atoms with van der Waals surface area (Å²) in [5.41, 5.74) is 0.664. The molecule has 0 spiro atoms. The molecule has 3 N–H and O–H groups in total. The number of alkyl halides is 3. The van der Waals surface area contributed by atoms with E-state index in [0.29, 0.717) is 11.3 Å². The molecule has 3 amide bonds. The van der Waals surface area contributed by atoms with E-state index in [9.17, 15) is 22.8 Å². The molecule has 1 unspecified atom stereocenters. The van der Waals surface area contributed by atoms with Gasteiger partial charge in [-0.25, -0.2) is 4.79 Å². The molecule has 10 heteroatoms. The highest BCUT2D eigenvalue weighted by atomic mass is 19.4. The molecule has 0 aliphatic heterocycles. The molecule has 1 heterocycles. The number of carbonyl (C=O) groups is 2. The smallest absolute Gasteiger partial charge is 0.422 e. The van der Waals surface area contributed by atoms with E-state index in [1.807, 2.05) is 0 Å². The number of furan rings is 1. The fourth-order valence-corrected chi connectivity index (χ4v) is 2.17. The summed E-state index contributed by atoms with van der Waals surface area (Å²) in [4.78, 5) is 23.6. The maximum absolute atomic E-state index is 12.1. The highest BCUT2D eigenvalue weighted by Gasteiger charge is 2.28. The number of rotatable bonds is 8. The zero-order valence-corrected chi connectivity index (χ0v) is 15.0. The summed E-state index contributed by atoms with van der Waals surface area (Å²) >= 11 is 0. The molecule has 2 aromatic rings. The molecular formula is C18H20F3N3O4. The summed E-state index contributed by atoms with van der Waals surface area (Å²) in [5.74, 6) is 0.283. The van der Waals surface area contributed by atoms with Crippen LogP contribution in [0.3, 0.4) is 0 Å². The Bertz CT molecular complexity index is 761. The molecule has 0 saturated heterocycles. The zero-order valence-electron chi connectivity index (χ0n) is 15.0. The minimum atomic E-state index is -4.41. The molecule has 7 nitrogen and oxygen atoms in total. The van der Waals surface area contributed by atoms with Crippen LogP contribution >= 0.6 is 0 Å². The molecule has 1 atom stereocenters. The summed E-state index contributed by atoms with van der Waals surface area (Å²) < 4.78 is 46.1. The van der Waals surface area contributed by atoms with Crippen molar-refractivity contribution in [3.8, 4) is 5.75 Å². The van der Waals surface area contributed by atoms with Crippen LogP contribution in [0, 0.1) is 0 Å². The van der Waals surface area contributed by atoms with E-state index >= 15 is 0 Å². The number of halogens is 3. The van der Waals surface area contributed by atoms with Gasteiger partial charge in [0.2, 0.25) is 5.91 Å². The Kier molecular flexibility index (Phi) is 7.30. The quantitative estimate of drug-likeness (QED) is 0.637. The second kappa shape index (κ2) is 9.67. The standard InChI is InChI=1S/C18H20F3N3O4/c1-12(13-4-6-14(7-5-13)28-11-18(19,20)21)24-17(26)23-10-16(25)22-9-15-3-2-8-27-15/h2-8,12H,9-11H2,1H3,(H,22,25)(H2,23,24,26). The first kappa shape index (κ1) is 21.1. The van der Waals surface area contributed by atoms with Gasteiger partial charge in [-0.15, -0.1) is 0 Å². The molecule has 0 saturated carbocycles. The first-order valence-electron chi connectivity index (χ1n) is 8.36. The molecule has 0 aliphatic carbocycles. The van der Waals surface area contributed by atoms with Gasteiger partial charge in [0.15, 0.2) is 6.61 Å². The highest BCUT2D eigenvalue weighted by molar-refractivity contribution is 5.83. The SMILES string of the molecule is CC(NC(=O)NCC(=O)NCc1ccco1)c1ccc(OCC(F)(F)F)cc1. The average molecular weight is 399 g/mol. The summed E-state index contributed by atoms with van der Waals surface area (Å²) in [6.45, 7) is 0.324. The molecule has 1 aromatic carbocycles. The summed E-state index contributed by atoms with van der Waals surface area (Å²) in [5, 5.41) is 7.63. The number of carbonyl (C=O) groups excluding carboxylic acids is 2. The van der Waals surface area contributed by atoms with Gasteiger partial charge < -0.3 is 25.1 Å². The molecule has 1 aromatic heterocycles. The van der Waals surface area contributed by atoms with Crippen LogP contribution in [0.5, 0.6) is 5.75 Å². The van der Waals surface area contributed by atoms with Crippen LogP contribution in [0.1, 0.15) is 24.3 Å². The Balaban J connectivity index is 1.71.